The molecule has 0 bridgehead atoms. The van der Waals surface area contributed by atoms with Crippen molar-refractivity contribution in [2.45, 2.75) is 25.6 Å². The Hall–Kier alpha value is -2.45. The molecule has 0 radical (unpaired) electrons. The van der Waals surface area contributed by atoms with E-state index in [1.54, 1.807) is 31.2 Å². The van der Waals surface area contributed by atoms with Crippen molar-refractivity contribution in [3.05, 3.63) is 29.8 Å². The van der Waals surface area contributed by atoms with Crippen LogP contribution in [0.2, 0.25) is 0 Å². The molecule has 0 saturated heterocycles. The predicted molar refractivity (Wildman–Crippen MR) is 79.6 cm³/mol. The third kappa shape index (κ3) is 6.76. The first-order chi connectivity index (χ1) is 11.3. The quantitative estimate of drug-likeness (QED) is 0.794. The number of carbonyl (C=O) groups is 2. The lowest BCUT2D eigenvalue weighted by atomic mass is 10.0. The fourth-order valence-electron chi connectivity index (χ4n) is 1.85. The van der Waals surface area contributed by atoms with Gasteiger partial charge in [-0.15, -0.1) is 0 Å². The largest absolute Gasteiger partial charge is 0.483 e. The molecule has 0 unspecified atom stereocenters. The van der Waals surface area contributed by atoms with Crippen LogP contribution in [0, 0.1) is 0 Å². The Morgan fingerprint density at radius 2 is 1.92 bits per heavy atom. The Morgan fingerprint density at radius 3 is 2.50 bits per heavy atom. The highest BCUT2D eigenvalue weighted by Crippen LogP contribution is 2.27. The summed E-state index contributed by atoms with van der Waals surface area (Å²) in [4.78, 5) is 22.8. The van der Waals surface area contributed by atoms with Crippen LogP contribution in [0.3, 0.4) is 0 Å². The molecule has 1 aromatic carbocycles. The number of amides is 2. The third-order valence-electron chi connectivity index (χ3n) is 3.00. The number of hydrogen-bond acceptors (Lipinski definition) is 4. The molecule has 1 aromatic rings. The van der Waals surface area contributed by atoms with E-state index < -0.39 is 24.9 Å². The summed E-state index contributed by atoms with van der Waals surface area (Å²) in [7, 11) is 1.46. The topological polar surface area (TPSA) is 76.7 Å². The minimum atomic E-state index is -4.59. The van der Waals surface area contributed by atoms with Gasteiger partial charge in [0.2, 0.25) is 0 Å². The summed E-state index contributed by atoms with van der Waals surface area (Å²) in [6.07, 6.45) is -5.38. The standard InChI is InChI=1S/C15H19F3N2O4/c1-3-11(20-14(22)24-9-15(16,17)18)10-6-4-5-7-12(10)23-8-13(21)19-2/h4-7,11H,3,8-9H2,1-2H3,(H,19,21)(H,20,22)/t11-/m0/s1. The van der Waals surface area contributed by atoms with Gasteiger partial charge >= 0.3 is 12.3 Å². The van der Waals surface area contributed by atoms with Gasteiger partial charge in [0, 0.05) is 12.6 Å². The highest BCUT2D eigenvalue weighted by atomic mass is 19.4. The molecular weight excluding hydrogens is 329 g/mol. The Bertz CT molecular complexity index is 564. The van der Waals surface area contributed by atoms with Gasteiger partial charge in [-0.25, -0.2) is 4.79 Å². The Morgan fingerprint density at radius 1 is 1.25 bits per heavy atom. The van der Waals surface area contributed by atoms with Gasteiger partial charge in [-0.05, 0) is 12.5 Å². The van der Waals surface area contributed by atoms with Gasteiger partial charge in [-0.3, -0.25) is 4.79 Å². The second kappa shape index (κ2) is 8.99. The Labute approximate surface area is 137 Å². The first-order valence-electron chi connectivity index (χ1n) is 7.19. The zero-order valence-corrected chi connectivity index (χ0v) is 13.3. The summed E-state index contributed by atoms with van der Waals surface area (Å²) in [6.45, 7) is -0.142. The van der Waals surface area contributed by atoms with Crippen LogP contribution in [0.25, 0.3) is 0 Å². The molecule has 0 fully saturated rings. The number of halogens is 3. The summed E-state index contributed by atoms with van der Waals surface area (Å²) < 4.78 is 45.7. The molecule has 6 nitrogen and oxygen atoms in total. The predicted octanol–water partition coefficient (Wildman–Crippen LogP) is 2.55. The minimum Gasteiger partial charge on any atom is -0.483 e. The van der Waals surface area contributed by atoms with E-state index in [1.165, 1.54) is 7.05 Å². The maximum atomic E-state index is 12.1. The second-order valence-corrected chi connectivity index (χ2v) is 4.80. The Kier molecular flexibility index (Phi) is 7.34. The average Bonchev–Trinajstić information content (AvgIpc) is 2.55. The van der Waals surface area contributed by atoms with Crippen molar-refractivity contribution < 1.29 is 32.2 Å². The average molecular weight is 348 g/mol. The number of hydrogen-bond donors (Lipinski definition) is 2. The lowest BCUT2D eigenvalue weighted by molar-refractivity contribution is -0.160. The highest BCUT2D eigenvalue weighted by Gasteiger charge is 2.30. The molecule has 1 atom stereocenters. The van der Waals surface area contributed by atoms with Crippen LogP contribution in [0.1, 0.15) is 24.9 Å². The number of benzene rings is 1. The van der Waals surface area contributed by atoms with Crippen LogP contribution >= 0.6 is 0 Å². The number of ether oxygens (including phenoxy) is 2. The number of rotatable bonds is 7. The van der Waals surface area contributed by atoms with E-state index in [1.807, 2.05) is 0 Å². The van der Waals surface area contributed by atoms with E-state index in [-0.39, 0.29) is 12.5 Å². The van der Waals surface area contributed by atoms with Crippen LogP contribution < -0.4 is 15.4 Å². The molecule has 0 aliphatic heterocycles. The molecule has 1 rings (SSSR count). The monoisotopic (exact) mass is 348 g/mol. The fourth-order valence-corrected chi connectivity index (χ4v) is 1.85. The van der Waals surface area contributed by atoms with Gasteiger partial charge in [0.15, 0.2) is 13.2 Å². The molecule has 0 saturated carbocycles. The number of alkyl halides is 3. The summed E-state index contributed by atoms with van der Waals surface area (Å²) >= 11 is 0. The first-order valence-corrected chi connectivity index (χ1v) is 7.19. The van der Waals surface area contributed by atoms with E-state index in [9.17, 15) is 22.8 Å². The van der Waals surface area contributed by atoms with Gasteiger partial charge in [0.25, 0.3) is 5.91 Å². The van der Waals surface area contributed by atoms with Crippen LogP contribution in [-0.2, 0) is 9.53 Å². The SMILES string of the molecule is CC[C@H](NC(=O)OCC(F)(F)F)c1ccccc1OCC(=O)NC. The van der Waals surface area contributed by atoms with Crippen LogP contribution in [0.15, 0.2) is 24.3 Å². The molecule has 0 aliphatic carbocycles. The lowest BCUT2D eigenvalue weighted by Gasteiger charge is -2.20. The summed E-state index contributed by atoms with van der Waals surface area (Å²) in [6, 6.07) is 6.00. The molecule has 134 valence electrons. The van der Waals surface area contributed by atoms with Gasteiger partial charge in [0.1, 0.15) is 5.75 Å². The summed E-state index contributed by atoms with van der Waals surface area (Å²) in [5.74, 6) is 0.0134. The minimum absolute atomic E-state index is 0.220. The number of nitrogens with one attached hydrogen (secondary N) is 2. The van der Waals surface area contributed by atoms with Crippen molar-refractivity contribution >= 4 is 12.0 Å². The Balaban J connectivity index is 2.77. The molecule has 2 N–H and O–H groups in total. The number of carbonyl (C=O) groups excluding carboxylic acids is 2. The normalized spacial score (nSPS) is 12.2. The molecule has 9 heteroatoms. The molecule has 0 aromatic heterocycles. The maximum Gasteiger partial charge on any atom is 0.422 e. The van der Waals surface area contributed by atoms with E-state index in [0.717, 1.165) is 0 Å². The van der Waals surface area contributed by atoms with Crippen LogP contribution in [0.4, 0.5) is 18.0 Å². The maximum absolute atomic E-state index is 12.1. The molecule has 2 amide bonds. The zero-order valence-electron chi connectivity index (χ0n) is 13.3. The number of alkyl carbamates (subject to hydrolysis) is 1. The van der Waals surface area contributed by atoms with Crippen molar-refractivity contribution in [1.82, 2.24) is 10.6 Å². The van der Waals surface area contributed by atoms with Gasteiger partial charge in [0.05, 0.1) is 6.04 Å². The highest BCUT2D eigenvalue weighted by molar-refractivity contribution is 5.77. The van der Waals surface area contributed by atoms with E-state index in [4.69, 9.17) is 4.74 Å². The molecular formula is C15H19F3N2O4. The van der Waals surface area contributed by atoms with Gasteiger partial charge in [-0.1, -0.05) is 25.1 Å². The van der Waals surface area contributed by atoms with Crippen molar-refractivity contribution in [2.24, 2.45) is 0 Å². The lowest BCUT2D eigenvalue weighted by Crippen LogP contribution is -2.32. The van der Waals surface area contributed by atoms with Gasteiger partial charge < -0.3 is 20.1 Å². The smallest absolute Gasteiger partial charge is 0.422 e. The summed E-state index contributed by atoms with van der Waals surface area (Å²) in [5, 5.41) is 4.76. The molecule has 0 heterocycles. The third-order valence-corrected chi connectivity index (χ3v) is 3.00. The van der Waals surface area contributed by atoms with Crippen molar-refractivity contribution in [2.75, 3.05) is 20.3 Å². The van der Waals surface area contributed by atoms with E-state index >= 15 is 0 Å². The molecule has 0 spiro atoms. The van der Waals surface area contributed by atoms with Crippen LogP contribution in [0.5, 0.6) is 5.75 Å². The summed E-state index contributed by atoms with van der Waals surface area (Å²) in [5.41, 5.74) is 0.535. The number of para-hydroxylation sites is 1. The second-order valence-electron chi connectivity index (χ2n) is 4.80. The fraction of sp³-hybridized carbons (Fsp3) is 0.467. The van der Waals surface area contributed by atoms with E-state index in [0.29, 0.717) is 17.7 Å². The van der Waals surface area contributed by atoms with Crippen molar-refractivity contribution in [3.8, 4) is 5.75 Å². The van der Waals surface area contributed by atoms with Crippen LogP contribution in [-0.4, -0.2) is 38.4 Å². The first kappa shape index (κ1) is 19.6. The molecule has 24 heavy (non-hydrogen) atoms. The zero-order chi connectivity index (χ0) is 18.2. The van der Waals surface area contributed by atoms with Crippen molar-refractivity contribution in [1.29, 1.82) is 0 Å². The van der Waals surface area contributed by atoms with Gasteiger partial charge in [-0.2, -0.15) is 13.2 Å². The van der Waals surface area contributed by atoms with E-state index in [2.05, 4.69) is 15.4 Å². The molecule has 0 aliphatic rings. The number of likely N-dealkylation sites (N-methyl/N-ethyl adjacent to an activating group) is 1. The van der Waals surface area contributed by atoms with Crippen molar-refractivity contribution in [3.63, 3.8) is 0 Å².